The van der Waals surface area contributed by atoms with Gasteiger partial charge in [-0.05, 0) is 18.2 Å². The van der Waals surface area contributed by atoms with Gasteiger partial charge in [-0.1, -0.05) is 0 Å². The number of carbonyl (C=O) groups excluding carboxylic acids is 1. The first-order chi connectivity index (χ1) is 6.31. The maximum absolute atomic E-state index is 10.3. The van der Waals surface area contributed by atoms with Crippen LogP contribution in [0.1, 0.15) is 5.56 Å². The SMILES string of the molecule is O=CCc1coc2ccc(O)cc12. The fourth-order valence-corrected chi connectivity index (χ4v) is 1.32. The van der Waals surface area contributed by atoms with Crippen LogP contribution in [0.5, 0.6) is 5.75 Å². The van der Waals surface area contributed by atoms with Crippen LogP contribution in [-0.4, -0.2) is 11.4 Å². The molecule has 1 aromatic carbocycles. The maximum atomic E-state index is 10.3. The number of benzene rings is 1. The van der Waals surface area contributed by atoms with Crippen LogP contribution in [0.25, 0.3) is 11.0 Å². The van der Waals surface area contributed by atoms with Crippen LogP contribution in [0.4, 0.5) is 0 Å². The number of phenols is 1. The van der Waals surface area contributed by atoms with Crippen molar-refractivity contribution in [3.63, 3.8) is 0 Å². The van der Waals surface area contributed by atoms with Gasteiger partial charge >= 0.3 is 0 Å². The van der Waals surface area contributed by atoms with Gasteiger partial charge in [0, 0.05) is 17.4 Å². The molecule has 0 unspecified atom stereocenters. The molecule has 0 saturated heterocycles. The van der Waals surface area contributed by atoms with Crippen molar-refractivity contribution in [1.29, 1.82) is 0 Å². The minimum atomic E-state index is 0.182. The lowest BCUT2D eigenvalue weighted by atomic mass is 10.1. The average Bonchev–Trinajstić information content (AvgIpc) is 2.49. The lowest BCUT2D eigenvalue weighted by Crippen LogP contribution is -1.81. The topological polar surface area (TPSA) is 50.4 Å². The minimum Gasteiger partial charge on any atom is -0.508 e. The summed E-state index contributed by atoms with van der Waals surface area (Å²) in [6, 6.07) is 4.83. The zero-order chi connectivity index (χ0) is 9.26. The quantitative estimate of drug-likeness (QED) is 0.710. The van der Waals surface area contributed by atoms with Crippen LogP contribution >= 0.6 is 0 Å². The summed E-state index contributed by atoms with van der Waals surface area (Å²) < 4.78 is 5.19. The van der Waals surface area contributed by atoms with Gasteiger partial charge in [0.05, 0.1) is 6.26 Å². The molecule has 2 aromatic rings. The van der Waals surface area contributed by atoms with Crippen molar-refractivity contribution >= 4 is 17.3 Å². The van der Waals surface area contributed by atoms with Crippen LogP contribution in [0.15, 0.2) is 28.9 Å². The first-order valence-electron chi connectivity index (χ1n) is 3.94. The van der Waals surface area contributed by atoms with Crippen LogP contribution in [0.2, 0.25) is 0 Å². The number of aldehydes is 1. The third-order valence-electron chi connectivity index (χ3n) is 1.94. The Balaban J connectivity index is 2.64. The van der Waals surface area contributed by atoms with E-state index in [4.69, 9.17) is 4.42 Å². The Morgan fingerprint density at radius 3 is 3.08 bits per heavy atom. The molecule has 0 aliphatic carbocycles. The van der Waals surface area contributed by atoms with E-state index in [0.29, 0.717) is 12.0 Å². The highest BCUT2D eigenvalue weighted by Crippen LogP contribution is 2.24. The number of hydrogen-bond acceptors (Lipinski definition) is 3. The number of aromatic hydroxyl groups is 1. The van der Waals surface area contributed by atoms with E-state index >= 15 is 0 Å². The number of furan rings is 1. The maximum Gasteiger partial charge on any atom is 0.134 e. The van der Waals surface area contributed by atoms with Crippen molar-refractivity contribution in [2.24, 2.45) is 0 Å². The van der Waals surface area contributed by atoms with Gasteiger partial charge in [0.1, 0.15) is 17.6 Å². The van der Waals surface area contributed by atoms with Crippen molar-refractivity contribution in [3.05, 3.63) is 30.0 Å². The smallest absolute Gasteiger partial charge is 0.134 e. The molecule has 0 aliphatic heterocycles. The van der Waals surface area contributed by atoms with Gasteiger partial charge in [-0.25, -0.2) is 0 Å². The number of hydrogen-bond donors (Lipinski definition) is 1. The fraction of sp³-hybridized carbons (Fsp3) is 0.100. The second-order valence-corrected chi connectivity index (χ2v) is 2.81. The Hall–Kier alpha value is -1.77. The molecule has 0 atom stereocenters. The Morgan fingerprint density at radius 1 is 1.46 bits per heavy atom. The Kier molecular flexibility index (Phi) is 1.77. The summed E-state index contributed by atoms with van der Waals surface area (Å²) in [5.74, 6) is 0.182. The zero-order valence-electron chi connectivity index (χ0n) is 6.86. The molecule has 0 bridgehead atoms. The molecule has 0 amide bonds. The van der Waals surface area contributed by atoms with E-state index in [-0.39, 0.29) is 5.75 Å². The first kappa shape index (κ1) is 7.86. The second kappa shape index (κ2) is 2.94. The van der Waals surface area contributed by atoms with Gasteiger partial charge in [-0.15, -0.1) is 0 Å². The van der Waals surface area contributed by atoms with E-state index in [9.17, 15) is 9.90 Å². The molecule has 66 valence electrons. The molecular formula is C10H8O3. The molecule has 3 heteroatoms. The molecule has 0 saturated carbocycles. The summed E-state index contributed by atoms with van der Waals surface area (Å²) in [6.45, 7) is 0. The third-order valence-corrected chi connectivity index (χ3v) is 1.94. The van der Waals surface area contributed by atoms with Gasteiger partial charge in [0.25, 0.3) is 0 Å². The average molecular weight is 176 g/mol. The molecule has 1 aromatic heterocycles. The molecule has 3 nitrogen and oxygen atoms in total. The first-order valence-corrected chi connectivity index (χ1v) is 3.94. The number of rotatable bonds is 2. The van der Waals surface area contributed by atoms with E-state index in [1.54, 1.807) is 24.5 Å². The second-order valence-electron chi connectivity index (χ2n) is 2.81. The summed E-state index contributed by atoms with van der Waals surface area (Å²) in [5.41, 5.74) is 1.50. The van der Waals surface area contributed by atoms with Crippen LogP contribution in [-0.2, 0) is 11.2 Å². The lowest BCUT2D eigenvalue weighted by Gasteiger charge is -1.92. The minimum absolute atomic E-state index is 0.182. The molecule has 0 fully saturated rings. The van der Waals surface area contributed by atoms with Crippen LogP contribution < -0.4 is 0 Å². The summed E-state index contributed by atoms with van der Waals surface area (Å²) in [5, 5.41) is 10.0. The Morgan fingerprint density at radius 2 is 2.31 bits per heavy atom. The van der Waals surface area contributed by atoms with Crippen molar-refractivity contribution in [2.75, 3.05) is 0 Å². The molecule has 13 heavy (non-hydrogen) atoms. The van der Waals surface area contributed by atoms with Gasteiger partial charge in [0.15, 0.2) is 0 Å². The van der Waals surface area contributed by atoms with Crippen molar-refractivity contribution in [3.8, 4) is 5.75 Å². The zero-order valence-corrected chi connectivity index (χ0v) is 6.86. The standard InChI is InChI=1S/C10H8O3/c11-4-3-7-6-13-10-2-1-8(12)5-9(7)10/h1-2,4-6,12H,3H2. The van der Waals surface area contributed by atoms with E-state index in [0.717, 1.165) is 17.2 Å². The molecule has 0 spiro atoms. The monoisotopic (exact) mass is 176 g/mol. The molecule has 0 radical (unpaired) electrons. The highest BCUT2D eigenvalue weighted by atomic mass is 16.3. The van der Waals surface area contributed by atoms with Gasteiger partial charge < -0.3 is 14.3 Å². The molecule has 1 heterocycles. The largest absolute Gasteiger partial charge is 0.508 e. The van der Waals surface area contributed by atoms with E-state index in [2.05, 4.69) is 0 Å². The van der Waals surface area contributed by atoms with E-state index < -0.39 is 0 Å². The predicted molar refractivity (Wildman–Crippen MR) is 47.6 cm³/mol. The molecule has 1 N–H and O–H groups in total. The van der Waals surface area contributed by atoms with E-state index in [1.165, 1.54) is 0 Å². The third kappa shape index (κ3) is 1.28. The Labute approximate surface area is 74.6 Å². The number of phenolic OH excluding ortho intramolecular Hbond substituents is 1. The summed E-state index contributed by atoms with van der Waals surface area (Å²) >= 11 is 0. The van der Waals surface area contributed by atoms with Crippen molar-refractivity contribution < 1.29 is 14.3 Å². The van der Waals surface area contributed by atoms with Gasteiger partial charge in [-0.2, -0.15) is 0 Å². The Bertz CT molecular complexity index is 442. The normalized spacial score (nSPS) is 10.5. The van der Waals surface area contributed by atoms with Gasteiger partial charge in [-0.3, -0.25) is 0 Å². The number of fused-ring (bicyclic) bond motifs is 1. The summed E-state index contributed by atoms with van der Waals surface area (Å²) in [7, 11) is 0. The van der Waals surface area contributed by atoms with Crippen LogP contribution in [0.3, 0.4) is 0 Å². The van der Waals surface area contributed by atoms with Crippen molar-refractivity contribution in [1.82, 2.24) is 0 Å². The highest BCUT2D eigenvalue weighted by molar-refractivity contribution is 5.84. The van der Waals surface area contributed by atoms with Crippen molar-refractivity contribution in [2.45, 2.75) is 6.42 Å². The fourth-order valence-electron chi connectivity index (χ4n) is 1.32. The predicted octanol–water partition coefficient (Wildman–Crippen LogP) is 1.88. The summed E-state index contributed by atoms with van der Waals surface area (Å²) in [4.78, 5) is 10.3. The molecule has 0 aliphatic rings. The molecule has 2 rings (SSSR count). The van der Waals surface area contributed by atoms with Crippen LogP contribution in [0, 0.1) is 0 Å². The van der Waals surface area contributed by atoms with Gasteiger partial charge in [0.2, 0.25) is 0 Å². The number of carbonyl (C=O) groups is 1. The van der Waals surface area contributed by atoms with E-state index in [1.807, 2.05) is 0 Å². The summed E-state index contributed by atoms with van der Waals surface area (Å²) in [6.07, 6.45) is 2.67. The lowest BCUT2D eigenvalue weighted by molar-refractivity contribution is -0.107. The molecular weight excluding hydrogens is 168 g/mol. The highest BCUT2D eigenvalue weighted by Gasteiger charge is 2.05.